The first-order valence-electron chi connectivity index (χ1n) is 16.8. The zero-order valence-electron chi connectivity index (χ0n) is 29.6. The van der Waals surface area contributed by atoms with Gasteiger partial charge in [-0.3, -0.25) is 19.3 Å². The second-order valence-corrected chi connectivity index (χ2v) is 13.6. The molecular formula is C40H41N5O6. The van der Waals surface area contributed by atoms with Gasteiger partial charge in [-0.2, -0.15) is 9.78 Å². The lowest BCUT2D eigenvalue weighted by Gasteiger charge is -2.31. The third-order valence-electron chi connectivity index (χ3n) is 8.55. The number of hydrogen-bond acceptors (Lipinski definition) is 7. The van der Waals surface area contributed by atoms with Gasteiger partial charge in [0.1, 0.15) is 23.8 Å². The monoisotopic (exact) mass is 687 g/mol. The number of nitrogens with zero attached hydrogens (tertiary/aromatic N) is 5. The van der Waals surface area contributed by atoms with Gasteiger partial charge in [-0.05, 0) is 77.1 Å². The topological polar surface area (TPSA) is 114 Å². The zero-order chi connectivity index (χ0) is 36.4. The number of aromatic nitrogens is 2. The van der Waals surface area contributed by atoms with Crippen LogP contribution in [-0.2, 0) is 25.5 Å². The Hall–Kier alpha value is -5.97. The standard InChI is InChI=1S/C40H41N5O6/c1-26(2)43(28-17-14-18-29(23-28)50-6)36(46)25-42-34-21-12-13-22-35(34)44(27-15-8-7-9-16-27)38(48)31(37(42)47)24-32-30-19-10-11-20-33(30)45(41-32)39(49)51-40(3,4)5/h7-23,26,31H,24-25H2,1-6H3. The number of amides is 3. The van der Waals surface area contributed by atoms with Crippen molar-refractivity contribution in [2.24, 2.45) is 5.92 Å². The first-order valence-corrected chi connectivity index (χ1v) is 16.8. The molecule has 2 heterocycles. The van der Waals surface area contributed by atoms with Crippen LogP contribution in [0.3, 0.4) is 0 Å². The van der Waals surface area contributed by atoms with Crippen LogP contribution in [0.2, 0.25) is 0 Å². The molecule has 0 bridgehead atoms. The molecule has 262 valence electrons. The van der Waals surface area contributed by atoms with E-state index in [1.54, 1.807) is 112 Å². The van der Waals surface area contributed by atoms with Crippen molar-refractivity contribution in [3.8, 4) is 5.75 Å². The summed E-state index contributed by atoms with van der Waals surface area (Å²) >= 11 is 0. The molecule has 4 aromatic carbocycles. The molecule has 0 spiro atoms. The van der Waals surface area contributed by atoms with Crippen molar-refractivity contribution in [1.29, 1.82) is 0 Å². The van der Waals surface area contributed by atoms with Crippen molar-refractivity contribution < 1.29 is 28.7 Å². The van der Waals surface area contributed by atoms with Crippen molar-refractivity contribution >= 4 is 57.5 Å². The highest BCUT2D eigenvalue weighted by Crippen LogP contribution is 2.40. The van der Waals surface area contributed by atoms with E-state index in [0.29, 0.717) is 45.1 Å². The van der Waals surface area contributed by atoms with E-state index in [1.807, 2.05) is 38.1 Å². The summed E-state index contributed by atoms with van der Waals surface area (Å²) in [5, 5.41) is 5.22. The Morgan fingerprint density at radius 1 is 0.843 bits per heavy atom. The molecule has 1 aromatic heterocycles. The number of ether oxygens (including phenoxy) is 2. The van der Waals surface area contributed by atoms with Crippen LogP contribution in [0.1, 0.15) is 40.3 Å². The number of para-hydroxylation sites is 4. The summed E-state index contributed by atoms with van der Waals surface area (Å²) in [5.74, 6) is -2.12. The van der Waals surface area contributed by atoms with E-state index in [9.17, 15) is 19.2 Å². The van der Waals surface area contributed by atoms with Gasteiger partial charge >= 0.3 is 6.09 Å². The minimum Gasteiger partial charge on any atom is -0.497 e. The molecule has 1 aliphatic heterocycles. The minimum atomic E-state index is -1.31. The highest BCUT2D eigenvalue weighted by molar-refractivity contribution is 6.21. The van der Waals surface area contributed by atoms with Gasteiger partial charge in [0.05, 0.1) is 29.7 Å². The molecule has 1 unspecified atom stereocenters. The number of benzene rings is 4. The van der Waals surface area contributed by atoms with Gasteiger partial charge in [0, 0.05) is 35.3 Å². The number of fused-ring (bicyclic) bond motifs is 2. The first kappa shape index (κ1) is 34.9. The molecule has 1 aliphatic rings. The van der Waals surface area contributed by atoms with Crippen molar-refractivity contribution in [1.82, 2.24) is 9.78 Å². The van der Waals surface area contributed by atoms with Gasteiger partial charge in [-0.15, -0.1) is 0 Å². The molecule has 11 nitrogen and oxygen atoms in total. The largest absolute Gasteiger partial charge is 0.497 e. The molecule has 11 heteroatoms. The molecule has 0 radical (unpaired) electrons. The Labute approximate surface area is 297 Å². The zero-order valence-corrected chi connectivity index (χ0v) is 29.6. The minimum absolute atomic E-state index is 0.139. The van der Waals surface area contributed by atoms with Crippen LogP contribution in [0, 0.1) is 5.92 Å². The van der Waals surface area contributed by atoms with Crippen LogP contribution in [0.25, 0.3) is 10.9 Å². The first-order chi connectivity index (χ1) is 24.4. The summed E-state index contributed by atoms with van der Waals surface area (Å²) < 4.78 is 12.2. The molecule has 0 saturated heterocycles. The molecule has 5 aromatic rings. The van der Waals surface area contributed by atoms with Crippen LogP contribution >= 0.6 is 0 Å². The van der Waals surface area contributed by atoms with E-state index >= 15 is 0 Å². The lowest BCUT2D eigenvalue weighted by molar-refractivity contribution is -0.132. The SMILES string of the molecule is COc1cccc(N(C(=O)CN2C(=O)C(Cc3nn(C(=O)OC(C)(C)C)c4ccccc34)C(=O)N(c3ccccc3)c3ccccc32)C(C)C)c1. The van der Waals surface area contributed by atoms with E-state index in [1.165, 1.54) is 14.5 Å². The van der Waals surface area contributed by atoms with E-state index in [4.69, 9.17) is 9.47 Å². The molecule has 3 amide bonds. The molecule has 0 N–H and O–H groups in total. The number of methoxy groups -OCH3 is 1. The van der Waals surface area contributed by atoms with Crippen LogP contribution in [0.5, 0.6) is 5.75 Å². The number of carbonyl (C=O) groups excluding carboxylic acids is 4. The van der Waals surface area contributed by atoms with E-state index in [0.717, 1.165) is 0 Å². The Morgan fingerprint density at radius 3 is 2.20 bits per heavy atom. The highest BCUT2D eigenvalue weighted by Gasteiger charge is 2.43. The summed E-state index contributed by atoms with van der Waals surface area (Å²) in [6.45, 7) is 8.74. The third-order valence-corrected chi connectivity index (χ3v) is 8.55. The van der Waals surface area contributed by atoms with Crippen LogP contribution in [0.4, 0.5) is 27.5 Å². The number of hydrogen-bond donors (Lipinski definition) is 0. The Balaban J connectivity index is 1.46. The quantitative estimate of drug-likeness (QED) is 0.159. The predicted octanol–water partition coefficient (Wildman–Crippen LogP) is 7.14. The van der Waals surface area contributed by atoms with E-state index < -0.39 is 29.4 Å². The Kier molecular flexibility index (Phi) is 9.64. The van der Waals surface area contributed by atoms with Crippen molar-refractivity contribution in [3.63, 3.8) is 0 Å². The fourth-order valence-electron chi connectivity index (χ4n) is 6.37. The fraction of sp³-hybridized carbons (Fsp3) is 0.275. The summed E-state index contributed by atoms with van der Waals surface area (Å²) in [6.07, 6.45) is -0.819. The van der Waals surface area contributed by atoms with Crippen molar-refractivity contribution in [2.75, 3.05) is 28.4 Å². The summed E-state index contributed by atoms with van der Waals surface area (Å²) in [6, 6.07) is 30.2. The predicted molar refractivity (Wildman–Crippen MR) is 197 cm³/mol. The molecule has 6 rings (SSSR count). The van der Waals surface area contributed by atoms with Crippen molar-refractivity contribution in [3.05, 3.63) is 109 Å². The maximum atomic E-state index is 14.9. The highest BCUT2D eigenvalue weighted by atomic mass is 16.6. The van der Waals surface area contributed by atoms with Gasteiger partial charge in [0.25, 0.3) is 0 Å². The molecular weight excluding hydrogens is 646 g/mol. The lowest BCUT2D eigenvalue weighted by Crippen LogP contribution is -2.48. The molecule has 0 saturated carbocycles. The molecule has 0 aliphatic carbocycles. The average Bonchev–Trinajstić information content (AvgIpc) is 3.44. The van der Waals surface area contributed by atoms with Crippen molar-refractivity contribution in [2.45, 2.75) is 52.7 Å². The summed E-state index contributed by atoms with van der Waals surface area (Å²) in [5.41, 5.74) is 2.12. The van der Waals surface area contributed by atoms with Crippen LogP contribution in [-0.4, -0.2) is 58.9 Å². The maximum Gasteiger partial charge on any atom is 0.435 e. The lowest BCUT2D eigenvalue weighted by atomic mass is 9.98. The van der Waals surface area contributed by atoms with E-state index in [-0.39, 0.29) is 24.9 Å². The number of carbonyl (C=O) groups is 4. The maximum absolute atomic E-state index is 14.9. The molecule has 1 atom stereocenters. The van der Waals surface area contributed by atoms with Gasteiger partial charge in [-0.1, -0.05) is 54.6 Å². The van der Waals surface area contributed by atoms with Gasteiger partial charge in [0.2, 0.25) is 17.7 Å². The Bertz CT molecular complexity index is 2100. The normalized spacial score (nSPS) is 14.8. The second-order valence-electron chi connectivity index (χ2n) is 13.6. The van der Waals surface area contributed by atoms with Gasteiger partial charge < -0.3 is 19.3 Å². The fourth-order valence-corrected chi connectivity index (χ4v) is 6.37. The van der Waals surface area contributed by atoms with Crippen LogP contribution in [0.15, 0.2) is 103 Å². The summed E-state index contributed by atoms with van der Waals surface area (Å²) in [4.78, 5) is 61.8. The number of rotatable bonds is 8. The third kappa shape index (κ3) is 7.05. The molecule has 51 heavy (non-hydrogen) atoms. The Morgan fingerprint density at radius 2 is 1.51 bits per heavy atom. The smallest absolute Gasteiger partial charge is 0.435 e. The summed E-state index contributed by atoms with van der Waals surface area (Å²) in [7, 11) is 1.56. The number of anilines is 4. The average molecular weight is 688 g/mol. The van der Waals surface area contributed by atoms with Gasteiger partial charge in [0.15, 0.2) is 0 Å². The van der Waals surface area contributed by atoms with E-state index in [2.05, 4.69) is 5.10 Å². The van der Waals surface area contributed by atoms with Crippen LogP contribution < -0.4 is 19.4 Å². The van der Waals surface area contributed by atoms with Gasteiger partial charge in [-0.25, -0.2) is 4.79 Å². The second kappa shape index (κ2) is 14.1. The molecule has 0 fully saturated rings.